The van der Waals surface area contributed by atoms with Crippen LogP contribution in [-0.2, 0) is 13.1 Å². The van der Waals surface area contributed by atoms with Crippen molar-refractivity contribution in [3.8, 4) is 0 Å². The molecule has 3 heterocycles. The van der Waals surface area contributed by atoms with Crippen LogP contribution in [-0.4, -0.2) is 62.7 Å². The average molecular weight is 330 g/mol. The molecule has 126 valence electrons. The van der Waals surface area contributed by atoms with E-state index < -0.39 is 0 Å². The van der Waals surface area contributed by atoms with Crippen molar-refractivity contribution in [2.45, 2.75) is 13.1 Å². The van der Waals surface area contributed by atoms with Crippen molar-refractivity contribution in [1.82, 2.24) is 30.0 Å². The molecule has 7 nitrogen and oxygen atoms in total. The number of fused-ring (bicyclic) bond motifs is 1. The van der Waals surface area contributed by atoms with E-state index in [-0.39, 0.29) is 5.82 Å². The van der Waals surface area contributed by atoms with Crippen molar-refractivity contribution in [3.63, 3.8) is 0 Å². The molecule has 0 radical (unpaired) electrons. The SMILES string of the molecule is Fc1ccc2c(CN3CCN(CCn4nccn4)CC3)noc2c1. The summed E-state index contributed by atoms with van der Waals surface area (Å²) < 4.78 is 18.4. The minimum absolute atomic E-state index is 0.300. The Labute approximate surface area is 138 Å². The van der Waals surface area contributed by atoms with Crippen LogP contribution in [0.2, 0.25) is 0 Å². The first-order valence-electron chi connectivity index (χ1n) is 8.10. The first-order chi connectivity index (χ1) is 11.8. The highest BCUT2D eigenvalue weighted by Gasteiger charge is 2.19. The number of hydrogen-bond acceptors (Lipinski definition) is 6. The van der Waals surface area contributed by atoms with Crippen molar-refractivity contribution in [2.75, 3.05) is 32.7 Å². The summed E-state index contributed by atoms with van der Waals surface area (Å²) in [5.41, 5.74) is 1.38. The molecule has 1 fully saturated rings. The second-order valence-corrected chi connectivity index (χ2v) is 6.01. The summed E-state index contributed by atoms with van der Waals surface area (Å²) in [6.45, 7) is 6.45. The van der Waals surface area contributed by atoms with Gasteiger partial charge in [-0.15, -0.1) is 0 Å². The fourth-order valence-electron chi connectivity index (χ4n) is 3.05. The standard InChI is InChI=1S/C16H19FN6O/c17-13-1-2-14-15(20-24-16(14)11-13)12-22-7-5-21(6-8-22)9-10-23-18-3-4-19-23/h1-4,11H,5-10,12H2. The summed E-state index contributed by atoms with van der Waals surface area (Å²) in [5, 5.41) is 13.2. The highest BCUT2D eigenvalue weighted by molar-refractivity contribution is 5.79. The summed E-state index contributed by atoms with van der Waals surface area (Å²) in [7, 11) is 0. The Morgan fingerprint density at radius 1 is 1.00 bits per heavy atom. The lowest BCUT2D eigenvalue weighted by atomic mass is 10.2. The van der Waals surface area contributed by atoms with E-state index in [9.17, 15) is 4.39 Å². The summed E-state index contributed by atoms with van der Waals surface area (Å²) >= 11 is 0. The predicted octanol–water partition coefficient (Wildman–Crippen LogP) is 1.38. The number of rotatable bonds is 5. The molecule has 0 aliphatic carbocycles. The summed E-state index contributed by atoms with van der Waals surface area (Å²) in [5.74, 6) is -0.300. The van der Waals surface area contributed by atoms with E-state index in [1.54, 1.807) is 23.3 Å². The van der Waals surface area contributed by atoms with Gasteiger partial charge in [0, 0.05) is 50.7 Å². The first-order valence-corrected chi connectivity index (χ1v) is 8.10. The number of hydrogen-bond donors (Lipinski definition) is 0. The van der Waals surface area contributed by atoms with E-state index in [0.717, 1.165) is 56.9 Å². The fourth-order valence-corrected chi connectivity index (χ4v) is 3.05. The van der Waals surface area contributed by atoms with Crippen molar-refractivity contribution in [1.29, 1.82) is 0 Å². The van der Waals surface area contributed by atoms with Gasteiger partial charge in [-0.05, 0) is 12.1 Å². The first kappa shape index (κ1) is 15.2. The molecular formula is C16H19FN6O. The minimum atomic E-state index is -0.300. The van der Waals surface area contributed by atoms with Gasteiger partial charge in [-0.1, -0.05) is 5.16 Å². The molecule has 0 N–H and O–H groups in total. The molecule has 8 heteroatoms. The third-order valence-corrected chi connectivity index (χ3v) is 4.43. The molecule has 4 rings (SSSR count). The van der Waals surface area contributed by atoms with Crippen LogP contribution in [0.3, 0.4) is 0 Å². The van der Waals surface area contributed by atoms with Gasteiger partial charge in [-0.2, -0.15) is 15.0 Å². The van der Waals surface area contributed by atoms with Gasteiger partial charge in [0.2, 0.25) is 0 Å². The molecule has 1 aliphatic rings. The van der Waals surface area contributed by atoms with Gasteiger partial charge < -0.3 is 4.52 Å². The third-order valence-electron chi connectivity index (χ3n) is 4.43. The van der Waals surface area contributed by atoms with Crippen LogP contribution in [0, 0.1) is 5.82 Å². The summed E-state index contributed by atoms with van der Waals surface area (Å²) in [6, 6.07) is 4.57. The Balaban J connectivity index is 1.31. The van der Waals surface area contributed by atoms with E-state index in [0.29, 0.717) is 5.58 Å². The fraction of sp³-hybridized carbons (Fsp3) is 0.438. The Morgan fingerprint density at radius 3 is 2.54 bits per heavy atom. The monoisotopic (exact) mass is 330 g/mol. The van der Waals surface area contributed by atoms with Crippen molar-refractivity contribution in [3.05, 3.63) is 42.1 Å². The average Bonchev–Trinajstić information content (AvgIpc) is 3.24. The molecule has 0 atom stereocenters. The van der Waals surface area contributed by atoms with Gasteiger partial charge in [0.05, 0.1) is 18.9 Å². The lowest BCUT2D eigenvalue weighted by Crippen LogP contribution is -2.46. The quantitative estimate of drug-likeness (QED) is 0.704. The second kappa shape index (κ2) is 6.66. The number of benzene rings is 1. The van der Waals surface area contributed by atoms with Crippen LogP contribution in [0.1, 0.15) is 5.69 Å². The van der Waals surface area contributed by atoms with Gasteiger partial charge in [0.25, 0.3) is 0 Å². The number of halogens is 1. The van der Waals surface area contributed by atoms with Gasteiger partial charge in [-0.3, -0.25) is 9.80 Å². The van der Waals surface area contributed by atoms with Crippen LogP contribution in [0.5, 0.6) is 0 Å². The maximum Gasteiger partial charge on any atom is 0.170 e. The maximum atomic E-state index is 13.2. The van der Waals surface area contributed by atoms with E-state index in [1.165, 1.54) is 12.1 Å². The molecule has 0 saturated carbocycles. The van der Waals surface area contributed by atoms with Gasteiger partial charge in [0.15, 0.2) is 5.58 Å². The topological polar surface area (TPSA) is 63.2 Å². The number of aromatic nitrogens is 4. The van der Waals surface area contributed by atoms with Gasteiger partial charge >= 0.3 is 0 Å². The molecular weight excluding hydrogens is 311 g/mol. The Bertz CT molecular complexity index is 794. The Hall–Kier alpha value is -2.32. The molecule has 3 aromatic rings. The normalized spacial score (nSPS) is 16.9. The maximum absolute atomic E-state index is 13.2. The smallest absolute Gasteiger partial charge is 0.170 e. The second-order valence-electron chi connectivity index (χ2n) is 6.01. The summed E-state index contributed by atoms with van der Waals surface area (Å²) in [4.78, 5) is 6.48. The third kappa shape index (κ3) is 3.29. The van der Waals surface area contributed by atoms with E-state index in [4.69, 9.17) is 4.52 Å². The molecule has 24 heavy (non-hydrogen) atoms. The zero-order chi connectivity index (χ0) is 16.4. The van der Waals surface area contributed by atoms with Crippen molar-refractivity contribution in [2.24, 2.45) is 0 Å². The zero-order valence-electron chi connectivity index (χ0n) is 13.3. The van der Waals surface area contributed by atoms with Crippen LogP contribution in [0.4, 0.5) is 4.39 Å². The zero-order valence-corrected chi connectivity index (χ0v) is 13.3. The van der Waals surface area contributed by atoms with Gasteiger partial charge in [0.1, 0.15) is 11.5 Å². The van der Waals surface area contributed by atoms with E-state index >= 15 is 0 Å². The van der Waals surface area contributed by atoms with Crippen LogP contribution >= 0.6 is 0 Å². The minimum Gasteiger partial charge on any atom is -0.356 e. The highest BCUT2D eigenvalue weighted by Crippen LogP contribution is 2.21. The molecule has 1 saturated heterocycles. The molecule has 0 spiro atoms. The largest absolute Gasteiger partial charge is 0.356 e. The summed E-state index contributed by atoms with van der Waals surface area (Å²) in [6.07, 6.45) is 3.40. The van der Waals surface area contributed by atoms with Crippen LogP contribution in [0.15, 0.2) is 35.1 Å². The molecule has 0 amide bonds. The number of nitrogens with zero attached hydrogens (tertiary/aromatic N) is 6. The van der Waals surface area contributed by atoms with Crippen LogP contribution < -0.4 is 0 Å². The van der Waals surface area contributed by atoms with Crippen LogP contribution in [0.25, 0.3) is 11.0 Å². The predicted molar refractivity (Wildman–Crippen MR) is 85.7 cm³/mol. The number of piperazine rings is 1. The molecule has 1 aromatic carbocycles. The Kier molecular flexibility index (Phi) is 4.22. The van der Waals surface area contributed by atoms with E-state index in [2.05, 4.69) is 25.2 Å². The van der Waals surface area contributed by atoms with E-state index in [1.807, 2.05) is 0 Å². The highest BCUT2D eigenvalue weighted by atomic mass is 19.1. The molecule has 0 bridgehead atoms. The van der Waals surface area contributed by atoms with Crippen molar-refractivity contribution >= 4 is 11.0 Å². The Morgan fingerprint density at radius 2 is 1.75 bits per heavy atom. The van der Waals surface area contributed by atoms with Gasteiger partial charge in [-0.25, -0.2) is 4.39 Å². The molecule has 0 unspecified atom stereocenters. The molecule has 1 aliphatic heterocycles. The van der Waals surface area contributed by atoms with Crippen molar-refractivity contribution < 1.29 is 8.91 Å². The lowest BCUT2D eigenvalue weighted by molar-refractivity contribution is 0.120. The lowest BCUT2D eigenvalue weighted by Gasteiger charge is -2.34. The molecule has 2 aromatic heterocycles.